The Morgan fingerprint density at radius 1 is 1.25 bits per heavy atom. The molecule has 2 aromatic rings. The molecule has 0 aliphatic rings. The van der Waals surface area contributed by atoms with E-state index in [4.69, 9.17) is 0 Å². The van der Waals surface area contributed by atoms with E-state index < -0.39 is 0 Å². The van der Waals surface area contributed by atoms with Crippen molar-refractivity contribution >= 4 is 30.5 Å². The first-order valence-corrected chi connectivity index (χ1v) is 3.60. The summed E-state index contributed by atoms with van der Waals surface area (Å²) in [7, 11) is 0. The Morgan fingerprint density at radius 3 is 2.75 bits per heavy atom. The van der Waals surface area contributed by atoms with E-state index in [2.05, 4.69) is 23.7 Å². The average molecular weight is 177 g/mol. The largest absolute Gasteiger partial charge is 0.361 e. The Bertz CT molecular complexity index is 389. The summed E-state index contributed by atoms with van der Waals surface area (Å²) in [5.41, 5.74) is 2.34. The Balaban J connectivity index is 0.000000720. The number of H-pyrrole nitrogens is 1. The van der Waals surface area contributed by atoms with Gasteiger partial charge in [0.15, 0.2) is 0 Å². The fraction of sp³-hybridized carbons (Fsp3) is 0. The molecule has 1 heterocycles. The second-order valence-corrected chi connectivity index (χ2v) is 2.49. The van der Waals surface area contributed by atoms with Crippen LogP contribution >= 0.6 is 13.5 Å². The van der Waals surface area contributed by atoms with Crippen LogP contribution in [0, 0.1) is 0 Å². The van der Waals surface area contributed by atoms with Gasteiger partial charge in [-0.15, -0.1) is 0 Å². The van der Waals surface area contributed by atoms with E-state index >= 15 is 0 Å². The molecule has 0 aliphatic heterocycles. The molecule has 0 amide bonds. The zero-order valence-corrected chi connectivity index (χ0v) is 7.67. The highest BCUT2D eigenvalue weighted by atomic mass is 32.1. The van der Waals surface area contributed by atoms with E-state index in [0.29, 0.717) is 0 Å². The fourth-order valence-electron chi connectivity index (χ4n) is 1.26. The summed E-state index contributed by atoms with van der Waals surface area (Å²) in [6, 6.07) is 8.19. The predicted molar refractivity (Wildman–Crippen MR) is 58.8 cm³/mol. The van der Waals surface area contributed by atoms with Crippen LogP contribution in [0.4, 0.5) is 0 Å². The molecule has 0 atom stereocenters. The molecule has 1 aromatic carbocycles. The SMILES string of the molecule is C=Cc1c[nH]c2ccccc12.S. The third-order valence-electron chi connectivity index (χ3n) is 1.84. The van der Waals surface area contributed by atoms with Crippen LogP contribution in [0.3, 0.4) is 0 Å². The summed E-state index contributed by atoms with van der Waals surface area (Å²) in [4.78, 5) is 3.17. The Morgan fingerprint density at radius 2 is 2.00 bits per heavy atom. The van der Waals surface area contributed by atoms with E-state index in [-0.39, 0.29) is 13.5 Å². The van der Waals surface area contributed by atoms with Gasteiger partial charge in [0.1, 0.15) is 0 Å². The van der Waals surface area contributed by atoms with Crippen molar-refractivity contribution < 1.29 is 0 Å². The van der Waals surface area contributed by atoms with Crippen LogP contribution in [0.2, 0.25) is 0 Å². The van der Waals surface area contributed by atoms with Crippen molar-refractivity contribution in [3.63, 3.8) is 0 Å². The van der Waals surface area contributed by atoms with E-state index in [1.807, 2.05) is 24.4 Å². The minimum absolute atomic E-state index is 0. The quantitative estimate of drug-likeness (QED) is 0.689. The highest BCUT2D eigenvalue weighted by Crippen LogP contribution is 2.17. The summed E-state index contributed by atoms with van der Waals surface area (Å²) < 4.78 is 0. The monoisotopic (exact) mass is 177 g/mol. The summed E-state index contributed by atoms with van der Waals surface area (Å²) in [5, 5.41) is 1.24. The lowest BCUT2D eigenvalue weighted by molar-refractivity contribution is 1.47. The lowest BCUT2D eigenvalue weighted by Gasteiger charge is -1.87. The van der Waals surface area contributed by atoms with Gasteiger partial charge in [0, 0.05) is 17.1 Å². The smallest absolute Gasteiger partial charge is 0.0460 e. The van der Waals surface area contributed by atoms with Crippen molar-refractivity contribution in [2.24, 2.45) is 0 Å². The molecular formula is C10H11NS. The minimum Gasteiger partial charge on any atom is -0.361 e. The molecule has 2 heteroatoms. The number of para-hydroxylation sites is 1. The molecule has 1 aromatic heterocycles. The number of benzene rings is 1. The topological polar surface area (TPSA) is 15.8 Å². The molecule has 0 spiro atoms. The lowest BCUT2D eigenvalue weighted by Crippen LogP contribution is -1.65. The van der Waals surface area contributed by atoms with Gasteiger partial charge < -0.3 is 4.98 Å². The van der Waals surface area contributed by atoms with E-state index in [1.165, 1.54) is 16.5 Å². The maximum Gasteiger partial charge on any atom is 0.0460 e. The van der Waals surface area contributed by atoms with Gasteiger partial charge in [-0.1, -0.05) is 30.9 Å². The number of fused-ring (bicyclic) bond motifs is 1. The van der Waals surface area contributed by atoms with Crippen LogP contribution in [0.15, 0.2) is 37.0 Å². The summed E-state index contributed by atoms with van der Waals surface area (Å²) in [6.45, 7) is 3.73. The number of hydrogen-bond acceptors (Lipinski definition) is 0. The standard InChI is InChI=1S/C10H9N.H2S/c1-2-8-7-11-10-6-4-3-5-9(8)10;/h2-7,11H,1H2;1H2. The zero-order valence-electron chi connectivity index (χ0n) is 6.67. The van der Waals surface area contributed by atoms with E-state index in [9.17, 15) is 0 Å². The normalized spacial score (nSPS) is 9.33. The lowest BCUT2D eigenvalue weighted by atomic mass is 10.2. The second kappa shape index (κ2) is 3.50. The van der Waals surface area contributed by atoms with Crippen molar-refractivity contribution in [1.82, 2.24) is 4.98 Å². The molecule has 1 N–H and O–H groups in total. The zero-order chi connectivity index (χ0) is 7.68. The number of rotatable bonds is 1. The van der Waals surface area contributed by atoms with Crippen LogP contribution < -0.4 is 0 Å². The molecule has 12 heavy (non-hydrogen) atoms. The second-order valence-electron chi connectivity index (χ2n) is 2.49. The molecule has 1 nitrogen and oxygen atoms in total. The molecule has 0 saturated carbocycles. The van der Waals surface area contributed by atoms with Crippen molar-refractivity contribution in [2.75, 3.05) is 0 Å². The van der Waals surface area contributed by atoms with Crippen LogP contribution in [0.5, 0.6) is 0 Å². The molecule has 0 bridgehead atoms. The first-order valence-electron chi connectivity index (χ1n) is 3.60. The minimum atomic E-state index is 0. The molecule has 0 radical (unpaired) electrons. The molecule has 0 saturated heterocycles. The highest BCUT2D eigenvalue weighted by molar-refractivity contribution is 7.59. The molecule has 62 valence electrons. The van der Waals surface area contributed by atoms with Crippen molar-refractivity contribution in [1.29, 1.82) is 0 Å². The Labute approximate surface area is 78.6 Å². The van der Waals surface area contributed by atoms with Crippen molar-refractivity contribution in [3.8, 4) is 0 Å². The van der Waals surface area contributed by atoms with Gasteiger partial charge in [-0.3, -0.25) is 0 Å². The fourth-order valence-corrected chi connectivity index (χ4v) is 1.26. The van der Waals surface area contributed by atoms with Gasteiger partial charge in [-0.2, -0.15) is 13.5 Å². The van der Waals surface area contributed by atoms with Crippen LogP contribution in [-0.2, 0) is 0 Å². The summed E-state index contributed by atoms with van der Waals surface area (Å²) in [5.74, 6) is 0. The van der Waals surface area contributed by atoms with Gasteiger partial charge in [-0.05, 0) is 11.6 Å². The van der Waals surface area contributed by atoms with Gasteiger partial charge >= 0.3 is 0 Å². The van der Waals surface area contributed by atoms with Crippen LogP contribution in [0.1, 0.15) is 5.56 Å². The first-order chi connectivity index (χ1) is 5.42. The highest BCUT2D eigenvalue weighted by Gasteiger charge is 1.96. The van der Waals surface area contributed by atoms with Gasteiger partial charge in [0.2, 0.25) is 0 Å². The first kappa shape index (κ1) is 8.94. The van der Waals surface area contributed by atoms with Gasteiger partial charge in [-0.25, -0.2) is 0 Å². The van der Waals surface area contributed by atoms with Gasteiger partial charge in [0.05, 0.1) is 0 Å². The number of aromatic amines is 1. The maximum absolute atomic E-state index is 3.73. The van der Waals surface area contributed by atoms with E-state index in [1.54, 1.807) is 0 Å². The Kier molecular flexibility index (Phi) is 2.61. The van der Waals surface area contributed by atoms with E-state index in [0.717, 1.165) is 0 Å². The summed E-state index contributed by atoms with van der Waals surface area (Å²) >= 11 is 0. The van der Waals surface area contributed by atoms with Gasteiger partial charge in [0.25, 0.3) is 0 Å². The third-order valence-corrected chi connectivity index (χ3v) is 1.84. The molecular weight excluding hydrogens is 166 g/mol. The number of hydrogen-bond donors (Lipinski definition) is 1. The molecule has 0 aliphatic carbocycles. The number of aromatic nitrogens is 1. The average Bonchev–Trinajstić information content (AvgIpc) is 2.47. The van der Waals surface area contributed by atoms with Crippen molar-refractivity contribution in [2.45, 2.75) is 0 Å². The molecule has 0 unspecified atom stereocenters. The maximum atomic E-state index is 3.73. The Hall–Kier alpha value is -1.15. The number of nitrogens with one attached hydrogen (secondary N) is 1. The predicted octanol–water partition coefficient (Wildman–Crippen LogP) is 2.92. The van der Waals surface area contributed by atoms with Crippen LogP contribution in [-0.4, -0.2) is 4.98 Å². The van der Waals surface area contributed by atoms with Crippen LogP contribution in [0.25, 0.3) is 17.0 Å². The molecule has 2 rings (SSSR count). The van der Waals surface area contributed by atoms with Crippen molar-refractivity contribution in [3.05, 3.63) is 42.6 Å². The molecule has 0 fully saturated rings. The summed E-state index contributed by atoms with van der Waals surface area (Å²) in [6.07, 6.45) is 3.83. The third kappa shape index (κ3) is 1.25.